The molecule has 1 heterocycles. The summed E-state index contributed by atoms with van der Waals surface area (Å²) in [5, 5.41) is 0. The summed E-state index contributed by atoms with van der Waals surface area (Å²) in [6.45, 7) is 3.15. The van der Waals surface area contributed by atoms with Gasteiger partial charge in [-0.1, -0.05) is 6.92 Å². The molecule has 0 aliphatic carbocycles. The summed E-state index contributed by atoms with van der Waals surface area (Å²) in [5.41, 5.74) is 9.83. The van der Waals surface area contributed by atoms with Gasteiger partial charge in [0.05, 0.1) is 11.1 Å². The number of anilines is 1. The molecule has 1 aromatic rings. The zero-order valence-corrected chi connectivity index (χ0v) is 11.7. The standard InChI is InChI=1S/C14H18F3N3O/c1-8-4-9(18)7-20(6-8)10-2-3-11(13(19)21)12(5-10)14(15,16)17/h2-3,5,8-9H,4,6-7,18H2,1H3,(H2,19,21). The lowest BCUT2D eigenvalue weighted by Crippen LogP contribution is -2.46. The Bertz CT molecular complexity index is 535. The Kier molecular flexibility index (Phi) is 4.13. The Balaban J connectivity index is 2.40. The molecular formula is C14H18F3N3O. The van der Waals surface area contributed by atoms with E-state index in [-0.39, 0.29) is 6.04 Å². The van der Waals surface area contributed by atoms with Crippen LogP contribution in [0.2, 0.25) is 0 Å². The van der Waals surface area contributed by atoms with Crippen LogP contribution in [-0.4, -0.2) is 25.0 Å². The number of carbonyl (C=O) groups is 1. The number of benzene rings is 1. The van der Waals surface area contributed by atoms with Gasteiger partial charge in [0.25, 0.3) is 0 Å². The average molecular weight is 301 g/mol. The van der Waals surface area contributed by atoms with Crippen LogP contribution >= 0.6 is 0 Å². The summed E-state index contributed by atoms with van der Waals surface area (Å²) < 4.78 is 39.2. The third-order valence-corrected chi connectivity index (χ3v) is 3.63. The minimum Gasteiger partial charge on any atom is -0.370 e. The van der Waals surface area contributed by atoms with E-state index in [1.54, 1.807) is 0 Å². The fourth-order valence-electron chi connectivity index (χ4n) is 2.79. The molecule has 1 fully saturated rings. The maximum absolute atomic E-state index is 13.1. The largest absolute Gasteiger partial charge is 0.417 e. The van der Waals surface area contributed by atoms with Gasteiger partial charge in [0, 0.05) is 24.8 Å². The lowest BCUT2D eigenvalue weighted by Gasteiger charge is -2.36. The Morgan fingerprint density at radius 3 is 2.52 bits per heavy atom. The SMILES string of the molecule is CC1CC(N)CN(c2ccc(C(N)=O)c(C(F)(F)F)c2)C1. The van der Waals surface area contributed by atoms with Crippen molar-refractivity contribution < 1.29 is 18.0 Å². The van der Waals surface area contributed by atoms with Crippen LogP contribution in [-0.2, 0) is 6.18 Å². The smallest absolute Gasteiger partial charge is 0.370 e. The number of carbonyl (C=O) groups excluding carboxylic acids is 1. The van der Waals surface area contributed by atoms with Gasteiger partial charge in [-0.05, 0) is 30.5 Å². The normalized spacial score (nSPS) is 23.2. The van der Waals surface area contributed by atoms with Gasteiger partial charge in [-0.25, -0.2) is 0 Å². The van der Waals surface area contributed by atoms with Crippen LogP contribution in [0.3, 0.4) is 0 Å². The van der Waals surface area contributed by atoms with Crippen LogP contribution in [0.4, 0.5) is 18.9 Å². The first-order chi connectivity index (χ1) is 9.68. The maximum Gasteiger partial charge on any atom is 0.417 e. The Hall–Kier alpha value is -1.76. The summed E-state index contributed by atoms with van der Waals surface area (Å²) in [7, 11) is 0. The first kappa shape index (κ1) is 15.6. The molecule has 1 aromatic carbocycles. The predicted molar refractivity (Wildman–Crippen MR) is 73.9 cm³/mol. The third kappa shape index (κ3) is 3.47. The summed E-state index contributed by atoms with van der Waals surface area (Å²) in [5.74, 6) is -0.781. The Morgan fingerprint density at radius 1 is 1.33 bits per heavy atom. The first-order valence-corrected chi connectivity index (χ1v) is 6.70. The number of amides is 1. The van der Waals surface area contributed by atoms with Crippen molar-refractivity contribution in [1.29, 1.82) is 0 Å². The summed E-state index contributed by atoms with van der Waals surface area (Å²) in [6, 6.07) is 3.52. The second kappa shape index (κ2) is 5.55. The molecule has 1 aliphatic rings. The van der Waals surface area contributed by atoms with E-state index < -0.39 is 23.2 Å². The van der Waals surface area contributed by atoms with Crippen molar-refractivity contribution in [3.8, 4) is 0 Å². The van der Waals surface area contributed by atoms with E-state index in [0.29, 0.717) is 24.7 Å². The van der Waals surface area contributed by atoms with Crippen LogP contribution in [0.1, 0.15) is 29.3 Å². The summed E-state index contributed by atoms with van der Waals surface area (Å²) in [4.78, 5) is 13.0. The van der Waals surface area contributed by atoms with E-state index in [0.717, 1.165) is 18.6 Å². The number of hydrogen-bond acceptors (Lipinski definition) is 3. The van der Waals surface area contributed by atoms with Gasteiger partial charge in [0.2, 0.25) is 5.91 Å². The third-order valence-electron chi connectivity index (χ3n) is 3.63. The van der Waals surface area contributed by atoms with E-state index in [2.05, 4.69) is 0 Å². The van der Waals surface area contributed by atoms with E-state index in [9.17, 15) is 18.0 Å². The topological polar surface area (TPSA) is 72.3 Å². The van der Waals surface area contributed by atoms with Gasteiger partial charge in [0.15, 0.2) is 0 Å². The Labute approximate surface area is 120 Å². The van der Waals surface area contributed by atoms with Crippen molar-refractivity contribution in [2.75, 3.05) is 18.0 Å². The van der Waals surface area contributed by atoms with E-state index in [1.165, 1.54) is 6.07 Å². The lowest BCUT2D eigenvalue weighted by molar-refractivity contribution is -0.137. The van der Waals surface area contributed by atoms with Gasteiger partial charge >= 0.3 is 6.18 Å². The number of primary amides is 1. The highest BCUT2D eigenvalue weighted by Crippen LogP contribution is 2.35. The van der Waals surface area contributed by atoms with E-state index >= 15 is 0 Å². The number of piperidine rings is 1. The number of hydrogen-bond donors (Lipinski definition) is 2. The molecule has 2 rings (SSSR count). The fourth-order valence-corrected chi connectivity index (χ4v) is 2.79. The molecular weight excluding hydrogens is 283 g/mol. The van der Waals surface area contributed by atoms with Gasteiger partial charge in [0.1, 0.15) is 0 Å². The molecule has 1 saturated heterocycles. The van der Waals surface area contributed by atoms with E-state index in [1.807, 2.05) is 11.8 Å². The second-order valence-electron chi connectivity index (χ2n) is 5.60. The number of halogens is 3. The van der Waals surface area contributed by atoms with Crippen LogP contribution < -0.4 is 16.4 Å². The van der Waals surface area contributed by atoms with Crippen molar-refractivity contribution >= 4 is 11.6 Å². The molecule has 0 bridgehead atoms. The van der Waals surface area contributed by atoms with Crippen molar-refractivity contribution in [3.63, 3.8) is 0 Å². The second-order valence-corrected chi connectivity index (χ2v) is 5.60. The van der Waals surface area contributed by atoms with Gasteiger partial charge < -0.3 is 16.4 Å². The van der Waals surface area contributed by atoms with E-state index in [4.69, 9.17) is 11.5 Å². The number of alkyl halides is 3. The molecule has 0 radical (unpaired) electrons. The molecule has 2 unspecified atom stereocenters. The predicted octanol–water partition coefficient (Wildman–Crippen LogP) is 1.98. The van der Waals surface area contributed by atoms with Crippen molar-refractivity contribution in [3.05, 3.63) is 29.3 Å². The van der Waals surface area contributed by atoms with Crippen LogP contribution in [0.15, 0.2) is 18.2 Å². The molecule has 4 N–H and O–H groups in total. The molecule has 0 spiro atoms. The fraction of sp³-hybridized carbons (Fsp3) is 0.500. The van der Waals surface area contributed by atoms with Crippen molar-refractivity contribution in [1.82, 2.24) is 0 Å². The van der Waals surface area contributed by atoms with Crippen LogP contribution in [0.25, 0.3) is 0 Å². The summed E-state index contributed by atoms with van der Waals surface area (Å²) >= 11 is 0. The molecule has 7 heteroatoms. The summed E-state index contributed by atoms with van der Waals surface area (Å²) in [6.07, 6.45) is -3.77. The highest BCUT2D eigenvalue weighted by molar-refractivity contribution is 5.95. The molecule has 4 nitrogen and oxygen atoms in total. The highest BCUT2D eigenvalue weighted by atomic mass is 19.4. The zero-order chi connectivity index (χ0) is 15.8. The number of nitrogens with zero attached hydrogens (tertiary/aromatic N) is 1. The van der Waals surface area contributed by atoms with Crippen molar-refractivity contribution in [2.24, 2.45) is 17.4 Å². The monoisotopic (exact) mass is 301 g/mol. The number of nitrogens with two attached hydrogens (primary N) is 2. The molecule has 0 aromatic heterocycles. The molecule has 0 saturated carbocycles. The zero-order valence-electron chi connectivity index (χ0n) is 11.7. The lowest BCUT2D eigenvalue weighted by atomic mass is 9.95. The molecule has 116 valence electrons. The van der Waals surface area contributed by atoms with Crippen LogP contribution in [0.5, 0.6) is 0 Å². The minimum atomic E-state index is -4.62. The molecule has 2 atom stereocenters. The average Bonchev–Trinajstić information content (AvgIpc) is 2.35. The molecule has 1 aliphatic heterocycles. The van der Waals surface area contributed by atoms with Crippen LogP contribution in [0, 0.1) is 5.92 Å². The molecule has 1 amide bonds. The minimum absolute atomic E-state index is 0.0705. The van der Waals surface area contributed by atoms with Crippen molar-refractivity contribution in [2.45, 2.75) is 25.6 Å². The van der Waals surface area contributed by atoms with Gasteiger partial charge in [-0.2, -0.15) is 13.2 Å². The van der Waals surface area contributed by atoms with Gasteiger partial charge in [-0.3, -0.25) is 4.79 Å². The van der Waals surface area contributed by atoms with Gasteiger partial charge in [-0.15, -0.1) is 0 Å². The maximum atomic E-state index is 13.1. The number of rotatable bonds is 2. The highest BCUT2D eigenvalue weighted by Gasteiger charge is 2.35. The Morgan fingerprint density at radius 2 is 2.00 bits per heavy atom. The first-order valence-electron chi connectivity index (χ1n) is 6.70. The molecule has 21 heavy (non-hydrogen) atoms. The quantitative estimate of drug-likeness (QED) is 0.877.